The van der Waals surface area contributed by atoms with Crippen molar-refractivity contribution in [1.82, 2.24) is 10.3 Å². The van der Waals surface area contributed by atoms with E-state index in [1.54, 1.807) is 13.1 Å². The zero-order valence-electron chi connectivity index (χ0n) is 11.5. The second-order valence-corrected chi connectivity index (χ2v) is 4.87. The van der Waals surface area contributed by atoms with Gasteiger partial charge in [-0.3, -0.25) is 9.78 Å². The van der Waals surface area contributed by atoms with Crippen molar-refractivity contribution < 1.29 is 4.79 Å². The molecule has 1 aromatic heterocycles. The van der Waals surface area contributed by atoms with E-state index in [0.717, 1.165) is 16.2 Å². The number of amides is 1. The molecule has 3 rings (SSSR count). The van der Waals surface area contributed by atoms with E-state index in [4.69, 9.17) is 5.26 Å². The molecule has 1 heterocycles. The Hall–Kier alpha value is -2.93. The van der Waals surface area contributed by atoms with Crippen LogP contribution >= 0.6 is 0 Å². The van der Waals surface area contributed by atoms with Crippen LogP contribution in [-0.4, -0.2) is 16.9 Å². The first-order valence-corrected chi connectivity index (χ1v) is 6.67. The first-order valence-electron chi connectivity index (χ1n) is 6.67. The minimum atomic E-state index is -0.539. The summed E-state index contributed by atoms with van der Waals surface area (Å²) in [5.41, 5.74) is 1.14. The molecule has 21 heavy (non-hydrogen) atoms. The van der Waals surface area contributed by atoms with Gasteiger partial charge in [-0.25, -0.2) is 0 Å². The van der Waals surface area contributed by atoms with E-state index in [9.17, 15) is 4.79 Å². The highest BCUT2D eigenvalue weighted by molar-refractivity contribution is 6.15. The summed E-state index contributed by atoms with van der Waals surface area (Å²) in [4.78, 5) is 16.7. The molecule has 0 spiro atoms. The largest absolute Gasteiger partial charge is 0.336 e. The van der Waals surface area contributed by atoms with Gasteiger partial charge in [-0.15, -0.1) is 0 Å². The van der Waals surface area contributed by atoms with Crippen LogP contribution < -0.4 is 5.32 Å². The van der Waals surface area contributed by atoms with Crippen molar-refractivity contribution >= 4 is 27.6 Å². The number of nitriles is 1. The van der Waals surface area contributed by atoms with Crippen molar-refractivity contribution in [2.45, 2.75) is 13.0 Å². The first-order chi connectivity index (χ1) is 10.2. The molecule has 3 aromatic rings. The van der Waals surface area contributed by atoms with E-state index in [0.29, 0.717) is 11.1 Å². The molecule has 0 radical (unpaired) electrons. The Kier molecular flexibility index (Phi) is 3.25. The molecule has 0 bridgehead atoms. The van der Waals surface area contributed by atoms with Crippen molar-refractivity contribution in [1.29, 1.82) is 5.26 Å². The molecule has 0 unspecified atom stereocenters. The third-order valence-corrected chi connectivity index (χ3v) is 3.40. The van der Waals surface area contributed by atoms with E-state index in [-0.39, 0.29) is 5.91 Å². The summed E-state index contributed by atoms with van der Waals surface area (Å²) in [6.07, 6.45) is 1.67. The van der Waals surface area contributed by atoms with Gasteiger partial charge in [0.1, 0.15) is 6.04 Å². The van der Waals surface area contributed by atoms with Gasteiger partial charge in [-0.05, 0) is 29.8 Å². The van der Waals surface area contributed by atoms with Gasteiger partial charge in [-0.2, -0.15) is 5.26 Å². The fourth-order valence-corrected chi connectivity index (χ4v) is 2.41. The van der Waals surface area contributed by atoms with Crippen LogP contribution in [0.4, 0.5) is 0 Å². The van der Waals surface area contributed by atoms with Crippen LogP contribution in [0.5, 0.6) is 0 Å². The fraction of sp³-hybridized carbons (Fsp3) is 0.118. The molecule has 0 aliphatic rings. The van der Waals surface area contributed by atoms with Gasteiger partial charge in [0.15, 0.2) is 0 Å². The van der Waals surface area contributed by atoms with Gasteiger partial charge in [0.2, 0.25) is 0 Å². The number of carbonyl (C=O) groups excluding carboxylic acids is 1. The van der Waals surface area contributed by atoms with Crippen LogP contribution in [0, 0.1) is 11.3 Å². The van der Waals surface area contributed by atoms with Crippen LogP contribution in [0.3, 0.4) is 0 Å². The lowest BCUT2D eigenvalue weighted by Crippen LogP contribution is -2.31. The molecule has 1 amide bonds. The third kappa shape index (κ3) is 2.30. The lowest BCUT2D eigenvalue weighted by molar-refractivity contribution is 0.0949. The predicted octanol–water partition coefficient (Wildman–Crippen LogP) is 3.03. The maximum absolute atomic E-state index is 12.4. The molecule has 0 saturated heterocycles. The smallest absolute Gasteiger partial charge is 0.254 e. The molecular formula is C17H13N3O. The molecule has 0 saturated carbocycles. The topological polar surface area (TPSA) is 65.8 Å². The molecule has 4 nitrogen and oxygen atoms in total. The Morgan fingerprint density at radius 2 is 2.00 bits per heavy atom. The predicted molar refractivity (Wildman–Crippen MR) is 81.8 cm³/mol. The van der Waals surface area contributed by atoms with Gasteiger partial charge < -0.3 is 5.32 Å². The van der Waals surface area contributed by atoms with E-state index in [2.05, 4.69) is 10.3 Å². The zero-order valence-corrected chi connectivity index (χ0v) is 11.5. The van der Waals surface area contributed by atoms with Crippen LogP contribution in [0.2, 0.25) is 0 Å². The molecule has 1 N–H and O–H groups in total. The van der Waals surface area contributed by atoms with Crippen molar-refractivity contribution in [2.75, 3.05) is 0 Å². The third-order valence-electron chi connectivity index (χ3n) is 3.40. The molecule has 0 fully saturated rings. The monoisotopic (exact) mass is 275 g/mol. The van der Waals surface area contributed by atoms with Gasteiger partial charge in [-0.1, -0.05) is 30.3 Å². The highest BCUT2D eigenvalue weighted by atomic mass is 16.1. The number of nitrogens with zero attached hydrogens (tertiary/aromatic N) is 2. The minimum absolute atomic E-state index is 0.279. The first kappa shape index (κ1) is 13.1. The number of rotatable bonds is 2. The maximum Gasteiger partial charge on any atom is 0.254 e. The lowest BCUT2D eigenvalue weighted by Gasteiger charge is -2.11. The number of nitrogens with one attached hydrogen (secondary N) is 1. The summed E-state index contributed by atoms with van der Waals surface area (Å²) in [6, 6.07) is 15.0. The average molecular weight is 275 g/mol. The molecule has 0 aliphatic carbocycles. The molecular weight excluding hydrogens is 262 g/mol. The van der Waals surface area contributed by atoms with E-state index >= 15 is 0 Å². The lowest BCUT2D eigenvalue weighted by atomic mass is 10.0. The average Bonchev–Trinajstić information content (AvgIpc) is 2.53. The number of aromatic nitrogens is 1. The SMILES string of the molecule is C[C@@H](C#N)NC(=O)c1cc2ccccc2c2cccnc12. The summed E-state index contributed by atoms with van der Waals surface area (Å²) in [5.74, 6) is -0.279. The minimum Gasteiger partial charge on any atom is -0.336 e. The number of hydrogen-bond acceptors (Lipinski definition) is 3. The van der Waals surface area contributed by atoms with Crippen LogP contribution in [0.15, 0.2) is 48.7 Å². The second-order valence-electron chi connectivity index (χ2n) is 4.87. The van der Waals surface area contributed by atoms with E-state index in [1.165, 1.54) is 0 Å². The Morgan fingerprint density at radius 1 is 1.24 bits per heavy atom. The fourth-order valence-electron chi connectivity index (χ4n) is 2.41. The summed E-state index contributed by atoms with van der Waals surface area (Å²) in [6.45, 7) is 1.65. The quantitative estimate of drug-likeness (QED) is 0.731. The Balaban J connectivity index is 2.26. The Bertz CT molecular complexity index is 880. The van der Waals surface area contributed by atoms with Gasteiger partial charge in [0, 0.05) is 11.6 Å². The van der Waals surface area contributed by atoms with E-state index < -0.39 is 6.04 Å². The Morgan fingerprint density at radius 3 is 2.81 bits per heavy atom. The normalized spacial score (nSPS) is 12.0. The summed E-state index contributed by atoms with van der Waals surface area (Å²) < 4.78 is 0. The van der Waals surface area contributed by atoms with Crippen molar-refractivity contribution in [3.8, 4) is 6.07 Å². The van der Waals surface area contributed by atoms with Crippen molar-refractivity contribution in [3.63, 3.8) is 0 Å². The zero-order chi connectivity index (χ0) is 14.8. The van der Waals surface area contributed by atoms with Gasteiger partial charge >= 0.3 is 0 Å². The van der Waals surface area contributed by atoms with E-state index in [1.807, 2.05) is 48.5 Å². The number of pyridine rings is 1. The summed E-state index contributed by atoms with van der Waals surface area (Å²) in [5, 5.41) is 14.5. The van der Waals surface area contributed by atoms with Crippen LogP contribution in [-0.2, 0) is 0 Å². The molecule has 102 valence electrons. The standard InChI is InChI=1S/C17H13N3O/c1-11(10-18)20-17(21)15-9-12-5-2-3-6-13(12)14-7-4-8-19-16(14)15/h2-9,11H,1H3,(H,20,21)/t11-/m0/s1. The maximum atomic E-state index is 12.4. The number of hydrogen-bond donors (Lipinski definition) is 1. The second kappa shape index (κ2) is 5.22. The summed E-state index contributed by atoms with van der Waals surface area (Å²) in [7, 11) is 0. The molecule has 1 atom stereocenters. The molecule has 0 aliphatic heterocycles. The highest BCUT2D eigenvalue weighted by Crippen LogP contribution is 2.27. The molecule has 4 heteroatoms. The van der Waals surface area contributed by atoms with Gasteiger partial charge in [0.25, 0.3) is 5.91 Å². The summed E-state index contributed by atoms with van der Waals surface area (Å²) >= 11 is 0. The van der Waals surface area contributed by atoms with Gasteiger partial charge in [0.05, 0.1) is 17.1 Å². The van der Waals surface area contributed by atoms with Crippen LogP contribution in [0.1, 0.15) is 17.3 Å². The van der Waals surface area contributed by atoms with Crippen LogP contribution in [0.25, 0.3) is 21.7 Å². The number of fused-ring (bicyclic) bond motifs is 3. The van der Waals surface area contributed by atoms with Crippen molar-refractivity contribution in [2.24, 2.45) is 0 Å². The molecule has 2 aromatic carbocycles. The Labute approximate surface area is 122 Å². The number of carbonyl (C=O) groups is 1. The van der Waals surface area contributed by atoms with Crippen molar-refractivity contribution in [3.05, 3.63) is 54.2 Å². The highest BCUT2D eigenvalue weighted by Gasteiger charge is 2.15. The number of benzene rings is 2.